The first kappa shape index (κ1) is 16.0. The number of nitrogens with one attached hydrogen (secondary N) is 1. The monoisotopic (exact) mass is 253 g/mol. The molecule has 2 unspecified atom stereocenters. The summed E-state index contributed by atoms with van der Waals surface area (Å²) >= 11 is 0. The second-order valence-electron chi connectivity index (χ2n) is 6.43. The van der Waals surface area contributed by atoms with Gasteiger partial charge in [0.25, 0.3) is 0 Å². The number of hydrogen-bond acceptors (Lipinski definition) is 1. The minimum atomic E-state index is 0.775. The van der Waals surface area contributed by atoms with E-state index in [0.29, 0.717) is 0 Å². The highest BCUT2D eigenvalue weighted by Crippen LogP contribution is 2.35. The normalized spacial score (nSPS) is 28.0. The molecule has 0 heterocycles. The zero-order valence-corrected chi connectivity index (χ0v) is 13.2. The fourth-order valence-corrected chi connectivity index (χ4v) is 3.64. The molecule has 0 radical (unpaired) electrons. The molecule has 0 amide bonds. The summed E-state index contributed by atoms with van der Waals surface area (Å²) in [6.45, 7) is 10.6. The molecule has 1 saturated carbocycles. The third kappa shape index (κ3) is 4.91. The van der Waals surface area contributed by atoms with Crippen molar-refractivity contribution in [2.24, 2.45) is 17.8 Å². The summed E-state index contributed by atoms with van der Waals surface area (Å²) < 4.78 is 0. The maximum atomic E-state index is 3.84. The minimum absolute atomic E-state index is 0.775. The van der Waals surface area contributed by atoms with Crippen LogP contribution in [0.1, 0.15) is 79.1 Å². The molecule has 1 heteroatoms. The maximum Gasteiger partial charge on any atom is 0.0121 e. The zero-order chi connectivity index (χ0) is 13.4. The SMILES string of the molecule is CCCNC(C(C)CC)C1CCC(CCC)CC1. The van der Waals surface area contributed by atoms with Crippen molar-refractivity contribution in [3.8, 4) is 0 Å². The first-order valence-electron chi connectivity index (χ1n) is 8.46. The maximum absolute atomic E-state index is 3.84. The molecule has 0 aromatic carbocycles. The van der Waals surface area contributed by atoms with Crippen LogP contribution in [0.5, 0.6) is 0 Å². The molecule has 1 aliphatic carbocycles. The van der Waals surface area contributed by atoms with Crippen LogP contribution in [0.3, 0.4) is 0 Å². The predicted molar refractivity (Wildman–Crippen MR) is 81.9 cm³/mol. The fraction of sp³-hybridized carbons (Fsp3) is 1.00. The topological polar surface area (TPSA) is 12.0 Å². The van der Waals surface area contributed by atoms with Crippen molar-refractivity contribution in [3.63, 3.8) is 0 Å². The van der Waals surface area contributed by atoms with E-state index in [0.717, 1.165) is 23.8 Å². The van der Waals surface area contributed by atoms with Crippen LogP contribution < -0.4 is 5.32 Å². The van der Waals surface area contributed by atoms with E-state index in [1.54, 1.807) is 0 Å². The lowest BCUT2D eigenvalue weighted by molar-refractivity contribution is 0.176. The summed E-state index contributed by atoms with van der Waals surface area (Å²) in [6.07, 6.45) is 11.3. The van der Waals surface area contributed by atoms with Crippen molar-refractivity contribution in [3.05, 3.63) is 0 Å². The molecule has 0 spiro atoms. The lowest BCUT2D eigenvalue weighted by Crippen LogP contribution is -2.43. The van der Waals surface area contributed by atoms with Gasteiger partial charge in [0, 0.05) is 6.04 Å². The van der Waals surface area contributed by atoms with Crippen molar-refractivity contribution >= 4 is 0 Å². The smallest absolute Gasteiger partial charge is 0.0121 e. The quantitative estimate of drug-likeness (QED) is 0.641. The minimum Gasteiger partial charge on any atom is -0.313 e. The Bertz CT molecular complexity index is 194. The number of rotatable bonds is 8. The van der Waals surface area contributed by atoms with Crippen LogP contribution in [0.4, 0.5) is 0 Å². The molecule has 0 aromatic rings. The summed E-state index contributed by atoms with van der Waals surface area (Å²) in [6, 6.07) is 0.775. The van der Waals surface area contributed by atoms with Crippen LogP contribution in [0.2, 0.25) is 0 Å². The molecule has 0 aromatic heterocycles. The molecule has 1 N–H and O–H groups in total. The van der Waals surface area contributed by atoms with Gasteiger partial charge in [-0.1, -0.05) is 59.8 Å². The molecule has 18 heavy (non-hydrogen) atoms. The summed E-state index contributed by atoms with van der Waals surface area (Å²) in [4.78, 5) is 0. The zero-order valence-electron chi connectivity index (χ0n) is 13.2. The molecule has 1 rings (SSSR count). The summed E-state index contributed by atoms with van der Waals surface area (Å²) in [5.41, 5.74) is 0. The van der Waals surface area contributed by atoms with E-state index in [2.05, 4.69) is 33.0 Å². The number of hydrogen-bond donors (Lipinski definition) is 1. The van der Waals surface area contributed by atoms with E-state index in [1.807, 2.05) is 0 Å². The van der Waals surface area contributed by atoms with Gasteiger partial charge >= 0.3 is 0 Å². The Hall–Kier alpha value is -0.0400. The molecular formula is C17H35N. The van der Waals surface area contributed by atoms with Gasteiger partial charge in [0.2, 0.25) is 0 Å². The average Bonchev–Trinajstić information content (AvgIpc) is 2.41. The van der Waals surface area contributed by atoms with Crippen molar-refractivity contribution in [2.75, 3.05) is 6.54 Å². The van der Waals surface area contributed by atoms with E-state index in [1.165, 1.54) is 57.9 Å². The molecule has 2 atom stereocenters. The van der Waals surface area contributed by atoms with Gasteiger partial charge in [-0.05, 0) is 43.6 Å². The van der Waals surface area contributed by atoms with Crippen LogP contribution >= 0.6 is 0 Å². The van der Waals surface area contributed by atoms with Gasteiger partial charge in [0.05, 0.1) is 0 Å². The Morgan fingerprint density at radius 3 is 2.17 bits per heavy atom. The lowest BCUT2D eigenvalue weighted by Gasteiger charge is -2.37. The highest BCUT2D eigenvalue weighted by molar-refractivity contribution is 4.84. The van der Waals surface area contributed by atoms with Gasteiger partial charge in [0.1, 0.15) is 0 Å². The van der Waals surface area contributed by atoms with Crippen molar-refractivity contribution in [1.29, 1.82) is 0 Å². The average molecular weight is 253 g/mol. The third-order valence-corrected chi connectivity index (χ3v) is 4.98. The van der Waals surface area contributed by atoms with Gasteiger partial charge in [0.15, 0.2) is 0 Å². The van der Waals surface area contributed by atoms with Gasteiger partial charge in [-0.15, -0.1) is 0 Å². The van der Waals surface area contributed by atoms with Crippen LogP contribution in [-0.4, -0.2) is 12.6 Å². The Labute approximate surface area is 115 Å². The Balaban J connectivity index is 2.43. The van der Waals surface area contributed by atoms with Crippen LogP contribution in [0, 0.1) is 17.8 Å². The molecule has 0 aliphatic heterocycles. The highest BCUT2D eigenvalue weighted by Gasteiger charge is 2.29. The molecule has 1 aliphatic rings. The van der Waals surface area contributed by atoms with Crippen LogP contribution in [0.15, 0.2) is 0 Å². The van der Waals surface area contributed by atoms with Crippen molar-refractivity contribution in [1.82, 2.24) is 5.32 Å². The fourth-order valence-electron chi connectivity index (χ4n) is 3.64. The Morgan fingerprint density at radius 1 is 1.00 bits per heavy atom. The van der Waals surface area contributed by atoms with E-state index in [-0.39, 0.29) is 0 Å². The summed E-state index contributed by atoms with van der Waals surface area (Å²) in [5.74, 6) is 2.82. The largest absolute Gasteiger partial charge is 0.313 e. The van der Waals surface area contributed by atoms with Gasteiger partial charge in [-0.25, -0.2) is 0 Å². The van der Waals surface area contributed by atoms with Gasteiger partial charge in [-0.2, -0.15) is 0 Å². The first-order chi connectivity index (χ1) is 8.72. The van der Waals surface area contributed by atoms with E-state index < -0.39 is 0 Å². The molecule has 1 fully saturated rings. The van der Waals surface area contributed by atoms with Crippen LogP contribution in [-0.2, 0) is 0 Å². The second kappa shape index (κ2) is 8.96. The van der Waals surface area contributed by atoms with E-state index in [4.69, 9.17) is 0 Å². The van der Waals surface area contributed by atoms with Gasteiger partial charge < -0.3 is 5.32 Å². The van der Waals surface area contributed by atoms with Crippen LogP contribution in [0.25, 0.3) is 0 Å². The second-order valence-corrected chi connectivity index (χ2v) is 6.43. The standard InChI is InChI=1S/C17H35N/c1-5-8-15-9-11-16(12-10-15)17(14(4)7-3)18-13-6-2/h14-18H,5-13H2,1-4H3. The predicted octanol–water partition coefficient (Wildman–Crippen LogP) is 5.01. The lowest BCUT2D eigenvalue weighted by atomic mass is 9.74. The summed E-state index contributed by atoms with van der Waals surface area (Å²) in [7, 11) is 0. The highest BCUT2D eigenvalue weighted by atomic mass is 14.9. The molecule has 1 nitrogen and oxygen atoms in total. The molecule has 0 bridgehead atoms. The third-order valence-electron chi connectivity index (χ3n) is 4.98. The molecule has 108 valence electrons. The summed E-state index contributed by atoms with van der Waals surface area (Å²) in [5, 5.41) is 3.84. The molecular weight excluding hydrogens is 218 g/mol. The van der Waals surface area contributed by atoms with E-state index in [9.17, 15) is 0 Å². The van der Waals surface area contributed by atoms with Crippen molar-refractivity contribution < 1.29 is 0 Å². The van der Waals surface area contributed by atoms with E-state index >= 15 is 0 Å². The Morgan fingerprint density at radius 2 is 1.67 bits per heavy atom. The van der Waals surface area contributed by atoms with Crippen molar-refractivity contribution in [2.45, 2.75) is 85.1 Å². The Kier molecular flexibility index (Phi) is 7.97. The molecule has 0 saturated heterocycles. The van der Waals surface area contributed by atoms with Gasteiger partial charge in [-0.3, -0.25) is 0 Å². The first-order valence-corrected chi connectivity index (χ1v) is 8.46.